The third-order valence-electron chi connectivity index (χ3n) is 5.39. The van der Waals surface area contributed by atoms with Crippen LogP contribution in [0.2, 0.25) is 0 Å². The van der Waals surface area contributed by atoms with E-state index in [9.17, 15) is 4.79 Å². The van der Waals surface area contributed by atoms with Crippen LogP contribution in [0.25, 0.3) is 0 Å². The molecule has 0 saturated carbocycles. The number of anilines is 1. The molecular weight excluding hydrogens is 360 g/mol. The summed E-state index contributed by atoms with van der Waals surface area (Å²) >= 11 is 1.68. The minimum atomic E-state index is 0.0741. The molecule has 144 valence electrons. The van der Waals surface area contributed by atoms with Crippen LogP contribution >= 0.6 is 11.3 Å². The fourth-order valence-electron chi connectivity index (χ4n) is 3.91. The number of piperidine rings is 1. The Morgan fingerprint density at radius 2 is 2.07 bits per heavy atom. The molecule has 2 aliphatic rings. The molecule has 0 unspecified atom stereocenters. The van der Waals surface area contributed by atoms with E-state index in [1.165, 1.54) is 5.56 Å². The van der Waals surface area contributed by atoms with E-state index in [1.807, 2.05) is 11.0 Å². The van der Waals surface area contributed by atoms with Gasteiger partial charge < -0.3 is 14.5 Å². The summed E-state index contributed by atoms with van der Waals surface area (Å²) in [6.45, 7) is 3.86. The maximum absolute atomic E-state index is 13.3. The van der Waals surface area contributed by atoms with Gasteiger partial charge in [-0.1, -0.05) is 0 Å². The summed E-state index contributed by atoms with van der Waals surface area (Å²) in [5.74, 6) is 1.10. The zero-order chi connectivity index (χ0) is 18.5. The predicted molar refractivity (Wildman–Crippen MR) is 106 cm³/mol. The molecule has 6 nitrogen and oxygen atoms in total. The highest BCUT2D eigenvalue weighted by atomic mass is 32.1. The van der Waals surface area contributed by atoms with Crippen LogP contribution in [-0.2, 0) is 16.1 Å². The number of aromatic nitrogens is 2. The van der Waals surface area contributed by atoms with E-state index in [0.717, 1.165) is 51.3 Å². The van der Waals surface area contributed by atoms with Crippen LogP contribution in [0.15, 0.2) is 35.3 Å². The highest BCUT2D eigenvalue weighted by Crippen LogP contribution is 2.24. The number of carbonyl (C=O) groups excluding carboxylic acids is 1. The van der Waals surface area contributed by atoms with Gasteiger partial charge in [0.15, 0.2) is 0 Å². The SMILES string of the molecule is O=C(C1CCN(c2ncccn2)CC1)N(Cc1ccsc1)C[C@H]1CCCO1. The molecule has 0 radical (unpaired) electrons. The summed E-state index contributed by atoms with van der Waals surface area (Å²) in [5, 5.41) is 4.20. The molecular formula is C20H26N4O2S. The van der Waals surface area contributed by atoms with Crippen LogP contribution in [0.4, 0.5) is 5.95 Å². The lowest BCUT2D eigenvalue weighted by atomic mass is 9.95. The van der Waals surface area contributed by atoms with E-state index in [1.54, 1.807) is 23.7 Å². The summed E-state index contributed by atoms with van der Waals surface area (Å²) in [5.41, 5.74) is 1.21. The normalized spacial score (nSPS) is 20.7. The first kappa shape index (κ1) is 18.4. The van der Waals surface area contributed by atoms with E-state index in [0.29, 0.717) is 13.1 Å². The van der Waals surface area contributed by atoms with Gasteiger partial charge in [-0.15, -0.1) is 0 Å². The number of amides is 1. The van der Waals surface area contributed by atoms with E-state index in [4.69, 9.17) is 4.74 Å². The number of nitrogens with zero attached hydrogens (tertiary/aromatic N) is 4. The maximum atomic E-state index is 13.3. The second-order valence-electron chi connectivity index (χ2n) is 7.30. The van der Waals surface area contributed by atoms with Gasteiger partial charge in [-0.05, 0) is 54.1 Å². The van der Waals surface area contributed by atoms with Gasteiger partial charge in [0.05, 0.1) is 6.10 Å². The molecule has 4 heterocycles. The molecule has 2 saturated heterocycles. The Morgan fingerprint density at radius 1 is 1.26 bits per heavy atom. The third-order valence-corrected chi connectivity index (χ3v) is 6.12. The largest absolute Gasteiger partial charge is 0.376 e. The van der Waals surface area contributed by atoms with Gasteiger partial charge in [-0.25, -0.2) is 9.97 Å². The first-order chi connectivity index (χ1) is 13.3. The van der Waals surface area contributed by atoms with Crippen molar-refractivity contribution in [3.05, 3.63) is 40.8 Å². The fourth-order valence-corrected chi connectivity index (χ4v) is 4.57. The molecule has 0 spiro atoms. The molecule has 2 fully saturated rings. The average molecular weight is 387 g/mol. The second kappa shape index (κ2) is 8.80. The molecule has 2 aromatic rings. The average Bonchev–Trinajstić information content (AvgIpc) is 3.42. The molecule has 27 heavy (non-hydrogen) atoms. The summed E-state index contributed by atoms with van der Waals surface area (Å²) in [7, 11) is 0. The lowest BCUT2D eigenvalue weighted by molar-refractivity contribution is -0.138. The summed E-state index contributed by atoms with van der Waals surface area (Å²) in [6, 6.07) is 3.93. The van der Waals surface area contributed by atoms with Crippen molar-refractivity contribution in [2.75, 3.05) is 31.1 Å². The zero-order valence-electron chi connectivity index (χ0n) is 15.5. The fraction of sp³-hybridized carbons (Fsp3) is 0.550. The smallest absolute Gasteiger partial charge is 0.226 e. The zero-order valence-corrected chi connectivity index (χ0v) is 16.3. The summed E-state index contributed by atoms with van der Waals surface area (Å²) in [6.07, 6.45) is 7.57. The van der Waals surface area contributed by atoms with Crippen LogP contribution in [-0.4, -0.2) is 53.1 Å². The maximum Gasteiger partial charge on any atom is 0.226 e. The molecule has 0 N–H and O–H groups in total. The number of carbonyl (C=O) groups is 1. The van der Waals surface area contributed by atoms with E-state index < -0.39 is 0 Å². The molecule has 0 bridgehead atoms. The Bertz CT molecular complexity index is 711. The van der Waals surface area contributed by atoms with Crippen LogP contribution in [0.1, 0.15) is 31.2 Å². The first-order valence-corrected chi connectivity index (χ1v) is 10.7. The van der Waals surface area contributed by atoms with Crippen LogP contribution in [0, 0.1) is 5.92 Å². The highest BCUT2D eigenvalue weighted by Gasteiger charge is 2.31. The Kier molecular flexibility index (Phi) is 5.99. The Morgan fingerprint density at radius 3 is 2.74 bits per heavy atom. The van der Waals surface area contributed by atoms with E-state index in [-0.39, 0.29) is 17.9 Å². The molecule has 1 amide bonds. The lowest BCUT2D eigenvalue weighted by Gasteiger charge is -2.35. The predicted octanol–water partition coefficient (Wildman–Crippen LogP) is 2.96. The molecule has 0 aliphatic carbocycles. The van der Waals surface area contributed by atoms with Gasteiger partial charge in [-0.2, -0.15) is 11.3 Å². The number of ether oxygens (including phenoxy) is 1. The van der Waals surface area contributed by atoms with E-state index in [2.05, 4.69) is 31.7 Å². The number of thiophene rings is 1. The lowest BCUT2D eigenvalue weighted by Crippen LogP contribution is -2.45. The quantitative estimate of drug-likeness (QED) is 0.764. The molecule has 4 rings (SSSR count). The van der Waals surface area contributed by atoms with Gasteiger partial charge in [0, 0.05) is 51.1 Å². The van der Waals surface area contributed by atoms with E-state index >= 15 is 0 Å². The highest BCUT2D eigenvalue weighted by molar-refractivity contribution is 7.07. The molecule has 7 heteroatoms. The van der Waals surface area contributed by atoms with Gasteiger partial charge in [0.2, 0.25) is 11.9 Å². The van der Waals surface area contributed by atoms with Crippen LogP contribution < -0.4 is 4.90 Å². The van der Waals surface area contributed by atoms with Crippen molar-refractivity contribution in [1.29, 1.82) is 0 Å². The van der Waals surface area contributed by atoms with Gasteiger partial charge in [-0.3, -0.25) is 4.79 Å². The monoisotopic (exact) mass is 386 g/mol. The number of hydrogen-bond donors (Lipinski definition) is 0. The minimum Gasteiger partial charge on any atom is -0.376 e. The van der Waals surface area contributed by atoms with Crippen molar-refractivity contribution < 1.29 is 9.53 Å². The first-order valence-electron chi connectivity index (χ1n) is 9.73. The van der Waals surface area contributed by atoms with Crippen molar-refractivity contribution in [3.8, 4) is 0 Å². The number of hydrogen-bond acceptors (Lipinski definition) is 6. The van der Waals surface area contributed by atoms with Crippen molar-refractivity contribution in [3.63, 3.8) is 0 Å². The van der Waals surface area contributed by atoms with Crippen molar-refractivity contribution >= 4 is 23.2 Å². The molecule has 1 atom stereocenters. The molecule has 0 aromatic carbocycles. The van der Waals surface area contributed by atoms with Crippen molar-refractivity contribution in [1.82, 2.24) is 14.9 Å². The Balaban J connectivity index is 1.38. The van der Waals surface area contributed by atoms with Gasteiger partial charge >= 0.3 is 0 Å². The molecule has 2 aromatic heterocycles. The number of rotatable bonds is 6. The van der Waals surface area contributed by atoms with Gasteiger partial charge in [0.25, 0.3) is 0 Å². The molecule has 2 aliphatic heterocycles. The summed E-state index contributed by atoms with van der Waals surface area (Å²) in [4.78, 5) is 26.1. The van der Waals surface area contributed by atoms with Crippen molar-refractivity contribution in [2.24, 2.45) is 5.92 Å². The topological polar surface area (TPSA) is 58.6 Å². The second-order valence-corrected chi connectivity index (χ2v) is 8.08. The van der Waals surface area contributed by atoms with Gasteiger partial charge in [0.1, 0.15) is 0 Å². The van der Waals surface area contributed by atoms with Crippen molar-refractivity contribution in [2.45, 2.75) is 38.3 Å². The minimum absolute atomic E-state index is 0.0741. The van der Waals surface area contributed by atoms with Crippen LogP contribution in [0.5, 0.6) is 0 Å². The summed E-state index contributed by atoms with van der Waals surface area (Å²) < 4.78 is 5.80. The van der Waals surface area contributed by atoms with Crippen LogP contribution in [0.3, 0.4) is 0 Å². The Hall–Kier alpha value is -1.99. The standard InChI is InChI=1S/C20H26N4O2S/c25-19(17-4-9-23(10-5-17)20-21-7-2-8-22-20)24(13-16-6-12-27-15-16)14-18-3-1-11-26-18/h2,6-8,12,15,17-18H,1,3-5,9-11,13-14H2/t18-/m1/s1. The third kappa shape index (κ3) is 4.65. The Labute approximate surface area is 164 Å².